The van der Waals surface area contributed by atoms with Crippen LogP contribution in [0, 0.1) is 5.92 Å². The van der Waals surface area contributed by atoms with E-state index >= 15 is 0 Å². The van der Waals surface area contributed by atoms with Gasteiger partial charge >= 0.3 is 0 Å². The van der Waals surface area contributed by atoms with E-state index in [1.165, 1.54) is 0 Å². The molecule has 5 heteroatoms. The standard InChI is InChI=1S/C12H13Cl2NOS/c13-10-2-1-9(7-11(10)14)15-12(16)8-3-5-17-6-4-8/h1-2,7-8H,3-6H2,(H,15,16). The molecular weight excluding hydrogens is 277 g/mol. The molecule has 0 spiro atoms. The summed E-state index contributed by atoms with van der Waals surface area (Å²) >= 11 is 13.6. The van der Waals surface area contributed by atoms with Crippen LogP contribution >= 0.6 is 35.0 Å². The van der Waals surface area contributed by atoms with Gasteiger partial charge in [-0.1, -0.05) is 23.2 Å². The summed E-state index contributed by atoms with van der Waals surface area (Å²) in [6.45, 7) is 0. The van der Waals surface area contributed by atoms with Crippen molar-refractivity contribution in [1.82, 2.24) is 0 Å². The zero-order valence-corrected chi connectivity index (χ0v) is 11.5. The van der Waals surface area contributed by atoms with Crippen LogP contribution in [-0.2, 0) is 4.79 Å². The molecule has 0 saturated carbocycles. The quantitative estimate of drug-likeness (QED) is 0.889. The molecule has 1 aromatic rings. The van der Waals surface area contributed by atoms with E-state index in [2.05, 4.69) is 5.32 Å². The average molecular weight is 290 g/mol. The summed E-state index contributed by atoms with van der Waals surface area (Å²) in [4.78, 5) is 12.0. The first kappa shape index (κ1) is 13.1. The van der Waals surface area contributed by atoms with Crippen LogP contribution in [0.25, 0.3) is 0 Å². The molecule has 1 fully saturated rings. The Labute approximate surface area is 115 Å². The van der Waals surface area contributed by atoms with Gasteiger partial charge in [-0.2, -0.15) is 11.8 Å². The number of halogens is 2. The highest BCUT2D eigenvalue weighted by Crippen LogP contribution is 2.27. The summed E-state index contributed by atoms with van der Waals surface area (Å²) in [6, 6.07) is 5.14. The van der Waals surface area contributed by atoms with Gasteiger partial charge in [0.15, 0.2) is 0 Å². The van der Waals surface area contributed by atoms with Crippen molar-refractivity contribution in [2.75, 3.05) is 16.8 Å². The molecule has 0 atom stereocenters. The van der Waals surface area contributed by atoms with E-state index in [1.54, 1.807) is 18.2 Å². The summed E-state index contributed by atoms with van der Waals surface area (Å²) in [5.74, 6) is 2.35. The van der Waals surface area contributed by atoms with E-state index in [-0.39, 0.29) is 11.8 Å². The third kappa shape index (κ3) is 3.54. The molecule has 0 bridgehead atoms. The van der Waals surface area contributed by atoms with Crippen molar-refractivity contribution in [3.63, 3.8) is 0 Å². The molecule has 1 heterocycles. The Kier molecular flexibility index (Phi) is 4.60. The highest BCUT2D eigenvalue weighted by Gasteiger charge is 2.21. The van der Waals surface area contributed by atoms with Crippen molar-refractivity contribution < 1.29 is 4.79 Å². The topological polar surface area (TPSA) is 29.1 Å². The maximum atomic E-state index is 12.0. The summed E-state index contributed by atoms with van der Waals surface area (Å²) in [7, 11) is 0. The molecule has 0 unspecified atom stereocenters. The lowest BCUT2D eigenvalue weighted by atomic mass is 10.0. The molecule has 17 heavy (non-hydrogen) atoms. The third-order valence-electron chi connectivity index (χ3n) is 2.78. The maximum Gasteiger partial charge on any atom is 0.227 e. The van der Waals surface area contributed by atoms with Gasteiger partial charge in [0.1, 0.15) is 0 Å². The number of carbonyl (C=O) groups excluding carboxylic acids is 1. The van der Waals surface area contributed by atoms with Crippen molar-refractivity contribution >= 4 is 46.6 Å². The van der Waals surface area contributed by atoms with Crippen molar-refractivity contribution in [2.45, 2.75) is 12.8 Å². The lowest BCUT2D eigenvalue weighted by Gasteiger charge is -2.20. The van der Waals surface area contributed by atoms with Crippen LogP contribution in [0.3, 0.4) is 0 Å². The van der Waals surface area contributed by atoms with E-state index in [1.807, 2.05) is 11.8 Å². The van der Waals surface area contributed by atoms with Gasteiger partial charge in [0, 0.05) is 11.6 Å². The number of amides is 1. The Balaban J connectivity index is 1.99. The van der Waals surface area contributed by atoms with Crippen LogP contribution in [0.4, 0.5) is 5.69 Å². The second-order valence-electron chi connectivity index (χ2n) is 4.00. The Morgan fingerprint density at radius 2 is 1.94 bits per heavy atom. The first-order chi connectivity index (χ1) is 8.16. The molecule has 0 radical (unpaired) electrons. The van der Waals surface area contributed by atoms with Gasteiger partial charge in [-0.25, -0.2) is 0 Å². The van der Waals surface area contributed by atoms with Gasteiger partial charge in [0.05, 0.1) is 10.0 Å². The molecule has 0 aromatic heterocycles. The maximum absolute atomic E-state index is 12.0. The predicted molar refractivity (Wildman–Crippen MR) is 75.1 cm³/mol. The molecule has 2 nitrogen and oxygen atoms in total. The number of benzene rings is 1. The first-order valence-electron chi connectivity index (χ1n) is 5.50. The largest absolute Gasteiger partial charge is 0.326 e. The molecule has 1 aliphatic heterocycles. The molecule has 0 aliphatic carbocycles. The number of hydrogen-bond acceptors (Lipinski definition) is 2. The van der Waals surface area contributed by atoms with Gasteiger partial charge in [0.2, 0.25) is 5.91 Å². The molecule has 92 valence electrons. The van der Waals surface area contributed by atoms with Crippen LogP contribution in [0.15, 0.2) is 18.2 Å². The van der Waals surface area contributed by atoms with Gasteiger partial charge < -0.3 is 5.32 Å². The van der Waals surface area contributed by atoms with Crippen molar-refractivity contribution in [3.8, 4) is 0 Å². The monoisotopic (exact) mass is 289 g/mol. The number of hydrogen-bond donors (Lipinski definition) is 1. The summed E-state index contributed by atoms with van der Waals surface area (Å²) in [5.41, 5.74) is 0.711. The zero-order valence-electron chi connectivity index (χ0n) is 9.21. The highest BCUT2D eigenvalue weighted by molar-refractivity contribution is 7.99. The Morgan fingerprint density at radius 1 is 1.24 bits per heavy atom. The van der Waals surface area contributed by atoms with Crippen molar-refractivity contribution in [2.24, 2.45) is 5.92 Å². The summed E-state index contributed by atoms with van der Waals surface area (Å²) in [6.07, 6.45) is 1.91. The number of rotatable bonds is 2. The van der Waals surface area contributed by atoms with Crippen LogP contribution in [-0.4, -0.2) is 17.4 Å². The minimum Gasteiger partial charge on any atom is -0.326 e. The molecule has 1 N–H and O–H groups in total. The van der Waals surface area contributed by atoms with Gasteiger partial charge in [-0.3, -0.25) is 4.79 Å². The summed E-state index contributed by atoms with van der Waals surface area (Å²) in [5, 5.41) is 3.85. The van der Waals surface area contributed by atoms with Gasteiger partial charge in [-0.15, -0.1) is 0 Å². The van der Waals surface area contributed by atoms with E-state index < -0.39 is 0 Å². The van der Waals surface area contributed by atoms with E-state index in [0.29, 0.717) is 15.7 Å². The van der Waals surface area contributed by atoms with E-state index in [4.69, 9.17) is 23.2 Å². The Bertz CT molecular complexity index is 419. The Hall–Kier alpha value is -0.380. The predicted octanol–water partition coefficient (Wildman–Crippen LogP) is 4.08. The molecule has 1 aliphatic rings. The van der Waals surface area contributed by atoms with Crippen molar-refractivity contribution in [3.05, 3.63) is 28.2 Å². The zero-order chi connectivity index (χ0) is 12.3. The second kappa shape index (κ2) is 5.98. The van der Waals surface area contributed by atoms with E-state index in [9.17, 15) is 4.79 Å². The molecule has 1 amide bonds. The fraction of sp³-hybridized carbons (Fsp3) is 0.417. The number of anilines is 1. The number of nitrogens with one attached hydrogen (secondary N) is 1. The first-order valence-corrected chi connectivity index (χ1v) is 7.41. The fourth-order valence-electron chi connectivity index (χ4n) is 1.78. The fourth-order valence-corrected chi connectivity index (χ4v) is 3.18. The van der Waals surface area contributed by atoms with E-state index in [0.717, 1.165) is 24.3 Å². The minimum absolute atomic E-state index is 0.0867. The normalized spacial score (nSPS) is 16.8. The number of thioether (sulfide) groups is 1. The highest BCUT2D eigenvalue weighted by atomic mass is 35.5. The second-order valence-corrected chi connectivity index (χ2v) is 6.04. The van der Waals surface area contributed by atoms with Crippen LogP contribution in [0.5, 0.6) is 0 Å². The minimum atomic E-state index is 0.0867. The SMILES string of the molecule is O=C(Nc1ccc(Cl)c(Cl)c1)C1CCSCC1. The third-order valence-corrected chi connectivity index (χ3v) is 4.57. The van der Waals surface area contributed by atoms with Gasteiger partial charge in [0.25, 0.3) is 0 Å². The van der Waals surface area contributed by atoms with Gasteiger partial charge in [-0.05, 0) is 42.5 Å². The summed E-state index contributed by atoms with van der Waals surface area (Å²) < 4.78 is 0. The number of carbonyl (C=O) groups is 1. The lowest BCUT2D eigenvalue weighted by molar-refractivity contribution is -0.120. The average Bonchev–Trinajstić information content (AvgIpc) is 2.35. The van der Waals surface area contributed by atoms with Crippen LogP contribution in [0.1, 0.15) is 12.8 Å². The molecular formula is C12H13Cl2NOS. The van der Waals surface area contributed by atoms with Crippen molar-refractivity contribution in [1.29, 1.82) is 0 Å². The van der Waals surface area contributed by atoms with Crippen LogP contribution in [0.2, 0.25) is 10.0 Å². The smallest absolute Gasteiger partial charge is 0.227 e. The lowest BCUT2D eigenvalue weighted by Crippen LogP contribution is -2.26. The molecule has 2 rings (SSSR count). The molecule has 1 aromatic carbocycles. The molecule has 1 saturated heterocycles. The Morgan fingerprint density at radius 3 is 2.59 bits per heavy atom. The van der Waals surface area contributed by atoms with Crippen LogP contribution < -0.4 is 5.32 Å².